The Kier molecular flexibility index (Phi) is 4.51. The second kappa shape index (κ2) is 6.33. The Morgan fingerprint density at radius 1 is 1.37 bits per heavy atom. The Labute approximate surface area is 117 Å². The van der Waals surface area contributed by atoms with Gasteiger partial charge in [0.25, 0.3) is 0 Å². The number of nitrogens with one attached hydrogen (secondary N) is 1. The van der Waals surface area contributed by atoms with Gasteiger partial charge in [0.15, 0.2) is 0 Å². The number of hydrogen-bond donors (Lipinski definition) is 1. The average Bonchev–Trinajstić information content (AvgIpc) is 2.45. The normalized spacial score (nSPS) is 11.8. The molecule has 0 saturated carbocycles. The van der Waals surface area contributed by atoms with Crippen molar-refractivity contribution in [1.29, 1.82) is 5.26 Å². The van der Waals surface area contributed by atoms with Crippen LogP contribution in [0.5, 0.6) is 0 Å². The molecule has 1 heterocycles. The van der Waals surface area contributed by atoms with Crippen molar-refractivity contribution in [2.45, 2.75) is 19.5 Å². The number of hydrogen-bond acceptors (Lipinski definition) is 3. The van der Waals surface area contributed by atoms with Crippen LogP contribution in [0.1, 0.15) is 29.8 Å². The predicted octanol–water partition coefficient (Wildman–Crippen LogP) is 3.46. The van der Waals surface area contributed by atoms with Crippen molar-refractivity contribution < 1.29 is 0 Å². The van der Waals surface area contributed by atoms with E-state index >= 15 is 0 Å². The minimum absolute atomic E-state index is 0.158. The van der Waals surface area contributed by atoms with Gasteiger partial charge in [-0.1, -0.05) is 29.8 Å². The third-order valence-corrected chi connectivity index (χ3v) is 3.18. The van der Waals surface area contributed by atoms with Gasteiger partial charge in [-0.2, -0.15) is 5.26 Å². The Hall–Kier alpha value is -1.89. The highest BCUT2D eigenvalue weighted by Gasteiger charge is 2.07. The summed E-state index contributed by atoms with van der Waals surface area (Å²) in [7, 11) is 0. The molecule has 1 atom stereocenters. The summed E-state index contributed by atoms with van der Waals surface area (Å²) >= 11 is 5.97. The number of benzene rings is 1. The summed E-state index contributed by atoms with van der Waals surface area (Å²) in [6.45, 7) is 2.67. The fraction of sp³-hybridized carbons (Fsp3) is 0.200. The van der Waals surface area contributed by atoms with E-state index in [9.17, 15) is 0 Å². The molecule has 1 aromatic heterocycles. The topological polar surface area (TPSA) is 48.7 Å². The maximum absolute atomic E-state index is 8.98. The van der Waals surface area contributed by atoms with E-state index < -0.39 is 0 Å². The van der Waals surface area contributed by atoms with E-state index in [1.807, 2.05) is 36.4 Å². The highest BCUT2D eigenvalue weighted by molar-refractivity contribution is 6.30. The molecule has 0 amide bonds. The molecule has 19 heavy (non-hydrogen) atoms. The number of pyridine rings is 1. The third-order valence-electron chi connectivity index (χ3n) is 2.94. The Balaban J connectivity index is 2.05. The summed E-state index contributed by atoms with van der Waals surface area (Å²) < 4.78 is 0. The van der Waals surface area contributed by atoms with Gasteiger partial charge in [-0.25, -0.2) is 4.98 Å². The number of nitrogens with zero attached hydrogens (tertiary/aromatic N) is 2. The van der Waals surface area contributed by atoms with Crippen molar-refractivity contribution in [1.82, 2.24) is 10.3 Å². The summed E-state index contributed by atoms with van der Waals surface area (Å²) in [5, 5.41) is 13.1. The number of aromatic nitrogens is 1. The monoisotopic (exact) mass is 271 g/mol. The van der Waals surface area contributed by atoms with Gasteiger partial charge in [0.1, 0.15) is 11.8 Å². The molecule has 0 fully saturated rings. The van der Waals surface area contributed by atoms with Gasteiger partial charge in [-0.05, 0) is 30.7 Å². The lowest BCUT2D eigenvalue weighted by molar-refractivity contribution is 0.573. The van der Waals surface area contributed by atoms with Crippen molar-refractivity contribution in [2.24, 2.45) is 0 Å². The van der Waals surface area contributed by atoms with Crippen LogP contribution in [0.2, 0.25) is 5.02 Å². The van der Waals surface area contributed by atoms with E-state index in [0.29, 0.717) is 12.2 Å². The van der Waals surface area contributed by atoms with Crippen molar-refractivity contribution in [2.75, 3.05) is 0 Å². The maximum Gasteiger partial charge on any atom is 0.144 e. The smallest absolute Gasteiger partial charge is 0.144 e. The molecule has 0 radical (unpaired) electrons. The molecule has 0 aliphatic heterocycles. The summed E-state index contributed by atoms with van der Waals surface area (Å²) in [4.78, 5) is 4.04. The number of rotatable bonds is 4. The molecule has 2 rings (SSSR count). The lowest BCUT2D eigenvalue weighted by atomic mass is 10.1. The van der Waals surface area contributed by atoms with Crippen LogP contribution in [-0.2, 0) is 6.54 Å². The van der Waals surface area contributed by atoms with Crippen molar-refractivity contribution in [3.8, 4) is 6.07 Å². The van der Waals surface area contributed by atoms with Crippen LogP contribution < -0.4 is 5.32 Å². The maximum atomic E-state index is 8.98. The largest absolute Gasteiger partial charge is 0.306 e. The van der Waals surface area contributed by atoms with Crippen molar-refractivity contribution in [3.05, 3.63) is 64.4 Å². The standard InChI is InChI=1S/C15H14ClN3/c1-11(12-4-2-6-14(16)8-12)19-10-13-5-3-7-18-15(13)9-17/h2-8,11,19H,10H2,1H3/t11-/m0/s1. The van der Waals surface area contributed by atoms with Crippen LogP contribution in [0, 0.1) is 11.3 Å². The molecule has 4 heteroatoms. The molecule has 1 N–H and O–H groups in total. The van der Waals surface area contributed by atoms with Gasteiger partial charge >= 0.3 is 0 Å². The molecule has 0 aliphatic carbocycles. The molecule has 0 spiro atoms. The molecule has 3 nitrogen and oxygen atoms in total. The lowest BCUT2D eigenvalue weighted by Crippen LogP contribution is -2.18. The van der Waals surface area contributed by atoms with Crippen LogP contribution in [-0.4, -0.2) is 4.98 Å². The average molecular weight is 272 g/mol. The first-order chi connectivity index (χ1) is 9.20. The fourth-order valence-corrected chi connectivity index (χ4v) is 2.04. The second-order valence-electron chi connectivity index (χ2n) is 4.28. The highest BCUT2D eigenvalue weighted by Crippen LogP contribution is 2.18. The van der Waals surface area contributed by atoms with Crippen LogP contribution >= 0.6 is 11.6 Å². The minimum atomic E-state index is 0.158. The van der Waals surface area contributed by atoms with Crippen LogP contribution in [0.25, 0.3) is 0 Å². The first-order valence-corrected chi connectivity index (χ1v) is 6.41. The third kappa shape index (κ3) is 3.54. The van der Waals surface area contributed by atoms with Crippen LogP contribution in [0.3, 0.4) is 0 Å². The Morgan fingerprint density at radius 2 is 2.21 bits per heavy atom. The van der Waals surface area contributed by atoms with E-state index in [2.05, 4.69) is 23.3 Å². The van der Waals surface area contributed by atoms with E-state index in [-0.39, 0.29) is 6.04 Å². The first kappa shape index (κ1) is 13.5. The molecular weight excluding hydrogens is 258 g/mol. The molecule has 2 aromatic rings. The van der Waals surface area contributed by atoms with Crippen LogP contribution in [0.4, 0.5) is 0 Å². The van der Waals surface area contributed by atoms with E-state index in [0.717, 1.165) is 16.1 Å². The van der Waals surface area contributed by atoms with Gasteiger partial charge in [-0.3, -0.25) is 0 Å². The summed E-state index contributed by atoms with van der Waals surface area (Å²) in [5.41, 5.74) is 2.49. The minimum Gasteiger partial charge on any atom is -0.306 e. The van der Waals surface area contributed by atoms with Crippen molar-refractivity contribution >= 4 is 11.6 Å². The highest BCUT2D eigenvalue weighted by atomic mass is 35.5. The molecule has 0 bridgehead atoms. The molecule has 0 unspecified atom stereocenters. The summed E-state index contributed by atoms with van der Waals surface area (Å²) in [6, 6.07) is 13.7. The van der Waals surface area contributed by atoms with E-state index in [1.165, 1.54) is 0 Å². The van der Waals surface area contributed by atoms with Gasteiger partial charge in [0, 0.05) is 29.4 Å². The SMILES string of the molecule is C[C@H](NCc1cccnc1C#N)c1cccc(Cl)c1. The molecular formula is C15H14ClN3. The first-order valence-electron chi connectivity index (χ1n) is 6.03. The quantitative estimate of drug-likeness (QED) is 0.926. The molecule has 96 valence electrons. The van der Waals surface area contributed by atoms with Gasteiger partial charge in [0.2, 0.25) is 0 Å². The second-order valence-corrected chi connectivity index (χ2v) is 4.72. The Morgan fingerprint density at radius 3 is 2.95 bits per heavy atom. The fourth-order valence-electron chi connectivity index (χ4n) is 1.84. The molecule has 1 aromatic carbocycles. The van der Waals surface area contributed by atoms with Gasteiger partial charge in [-0.15, -0.1) is 0 Å². The van der Waals surface area contributed by atoms with Crippen LogP contribution in [0.15, 0.2) is 42.6 Å². The van der Waals surface area contributed by atoms with E-state index in [4.69, 9.17) is 16.9 Å². The lowest BCUT2D eigenvalue weighted by Gasteiger charge is -2.14. The molecule has 0 saturated heterocycles. The number of halogens is 1. The number of nitriles is 1. The van der Waals surface area contributed by atoms with Crippen molar-refractivity contribution in [3.63, 3.8) is 0 Å². The molecule has 0 aliphatic rings. The Bertz CT molecular complexity index is 604. The summed E-state index contributed by atoms with van der Waals surface area (Å²) in [5.74, 6) is 0. The summed E-state index contributed by atoms with van der Waals surface area (Å²) in [6.07, 6.45) is 1.63. The van der Waals surface area contributed by atoms with Gasteiger partial charge in [0.05, 0.1) is 0 Å². The zero-order valence-corrected chi connectivity index (χ0v) is 11.4. The van der Waals surface area contributed by atoms with Gasteiger partial charge < -0.3 is 5.32 Å². The zero-order valence-electron chi connectivity index (χ0n) is 10.6. The zero-order chi connectivity index (χ0) is 13.7. The predicted molar refractivity (Wildman–Crippen MR) is 75.7 cm³/mol. The van der Waals surface area contributed by atoms with E-state index in [1.54, 1.807) is 6.20 Å².